The molecule has 8 nitrogen and oxygen atoms in total. The third-order valence-corrected chi connectivity index (χ3v) is 7.48. The number of esters is 1. The van der Waals surface area contributed by atoms with Crippen molar-refractivity contribution in [3.8, 4) is 0 Å². The molecule has 0 N–H and O–H groups in total. The lowest BCUT2D eigenvalue weighted by molar-refractivity contribution is -0.149. The molecule has 1 aromatic heterocycles. The maximum Gasteiger partial charge on any atom is 0.310 e. The van der Waals surface area contributed by atoms with E-state index in [4.69, 9.17) is 14.5 Å². The number of hydrogen-bond acceptors (Lipinski definition) is 8. The van der Waals surface area contributed by atoms with Gasteiger partial charge in [-0.2, -0.15) is 0 Å². The molecule has 1 aliphatic rings. The number of anilines is 1. The van der Waals surface area contributed by atoms with Crippen molar-refractivity contribution in [2.45, 2.75) is 43.8 Å². The van der Waals surface area contributed by atoms with E-state index in [0.717, 1.165) is 36.5 Å². The Morgan fingerprint density at radius 2 is 1.87 bits per heavy atom. The number of amides is 1. The molecule has 0 bridgehead atoms. The van der Waals surface area contributed by atoms with Gasteiger partial charge < -0.3 is 19.3 Å². The predicted octanol–water partition coefficient (Wildman–Crippen LogP) is 4.97. The topological polar surface area (TPSA) is 84.9 Å². The van der Waals surface area contributed by atoms with Gasteiger partial charge in [-0.05, 0) is 43.0 Å². The zero-order valence-electron chi connectivity index (χ0n) is 22.8. The van der Waals surface area contributed by atoms with Gasteiger partial charge in [-0.1, -0.05) is 54.2 Å². The second-order valence-corrected chi connectivity index (χ2v) is 10.5. The molecule has 0 spiro atoms. The second kappa shape index (κ2) is 14.1. The van der Waals surface area contributed by atoms with Gasteiger partial charge in [0.25, 0.3) is 5.91 Å². The van der Waals surface area contributed by atoms with Crippen molar-refractivity contribution < 1.29 is 19.1 Å². The number of piperidine rings is 1. The monoisotopic (exact) mass is 548 g/mol. The number of aromatic nitrogens is 2. The van der Waals surface area contributed by atoms with Gasteiger partial charge in [0.05, 0.1) is 24.8 Å². The van der Waals surface area contributed by atoms with Crippen LogP contribution < -0.4 is 4.90 Å². The Hall–Kier alpha value is -3.43. The van der Waals surface area contributed by atoms with E-state index in [0.29, 0.717) is 42.8 Å². The van der Waals surface area contributed by atoms with Gasteiger partial charge in [0, 0.05) is 51.2 Å². The van der Waals surface area contributed by atoms with E-state index in [2.05, 4.69) is 22.0 Å². The summed E-state index contributed by atoms with van der Waals surface area (Å²) in [4.78, 5) is 38.8. The van der Waals surface area contributed by atoms with Crippen LogP contribution in [0.4, 0.5) is 5.82 Å². The molecular formula is C30H36N4O4S. The normalized spacial score (nSPS) is 15.2. The highest BCUT2D eigenvalue weighted by molar-refractivity contribution is 7.98. The number of likely N-dealkylation sites (tertiary alicyclic amines) is 1. The summed E-state index contributed by atoms with van der Waals surface area (Å²) in [6, 6.07) is 19.9. The van der Waals surface area contributed by atoms with Crippen LogP contribution in [0.2, 0.25) is 0 Å². The Morgan fingerprint density at radius 3 is 2.64 bits per heavy atom. The number of rotatable bonds is 11. The molecule has 9 heteroatoms. The van der Waals surface area contributed by atoms with Gasteiger partial charge >= 0.3 is 5.97 Å². The lowest BCUT2D eigenvalue weighted by Crippen LogP contribution is -2.42. The van der Waals surface area contributed by atoms with Gasteiger partial charge in [0.1, 0.15) is 5.82 Å². The van der Waals surface area contributed by atoms with Crippen molar-refractivity contribution in [2.75, 3.05) is 38.8 Å². The summed E-state index contributed by atoms with van der Waals surface area (Å²) in [6.45, 7) is 4.33. The van der Waals surface area contributed by atoms with E-state index in [9.17, 15) is 9.59 Å². The lowest BCUT2D eigenvalue weighted by Gasteiger charge is -2.31. The predicted molar refractivity (Wildman–Crippen MR) is 153 cm³/mol. The van der Waals surface area contributed by atoms with Crippen molar-refractivity contribution >= 4 is 29.5 Å². The van der Waals surface area contributed by atoms with Crippen LogP contribution >= 0.6 is 11.8 Å². The zero-order chi connectivity index (χ0) is 27.6. The number of nitrogens with zero attached hydrogens (tertiary/aromatic N) is 4. The van der Waals surface area contributed by atoms with E-state index in [1.54, 1.807) is 18.9 Å². The smallest absolute Gasteiger partial charge is 0.310 e. The maximum atomic E-state index is 13.3. The number of thioether (sulfide) groups is 1. The minimum absolute atomic E-state index is 0.0565. The fourth-order valence-corrected chi connectivity index (χ4v) is 5.43. The van der Waals surface area contributed by atoms with Crippen LogP contribution in [0.15, 0.2) is 65.8 Å². The molecule has 0 unspecified atom stereocenters. The third kappa shape index (κ3) is 8.03. The van der Waals surface area contributed by atoms with Crippen molar-refractivity contribution in [1.82, 2.24) is 14.9 Å². The maximum absolute atomic E-state index is 13.3. The lowest BCUT2D eigenvalue weighted by atomic mass is 9.97. The van der Waals surface area contributed by atoms with Crippen LogP contribution in [0.25, 0.3) is 0 Å². The van der Waals surface area contributed by atoms with E-state index in [-0.39, 0.29) is 17.8 Å². The third-order valence-electron chi connectivity index (χ3n) is 6.56. The van der Waals surface area contributed by atoms with Gasteiger partial charge in [0.15, 0.2) is 5.16 Å². The Balaban J connectivity index is 1.43. The van der Waals surface area contributed by atoms with E-state index in [1.807, 2.05) is 55.6 Å². The van der Waals surface area contributed by atoms with Crippen LogP contribution in [-0.2, 0) is 33.2 Å². The van der Waals surface area contributed by atoms with Crippen molar-refractivity contribution in [2.24, 2.45) is 5.92 Å². The van der Waals surface area contributed by atoms with E-state index < -0.39 is 0 Å². The minimum atomic E-state index is -0.257. The summed E-state index contributed by atoms with van der Waals surface area (Å²) in [5, 5.41) is 0.657. The van der Waals surface area contributed by atoms with Gasteiger partial charge in [0.2, 0.25) is 0 Å². The van der Waals surface area contributed by atoms with Crippen molar-refractivity contribution in [3.63, 3.8) is 0 Å². The Morgan fingerprint density at radius 1 is 1.08 bits per heavy atom. The molecule has 3 aromatic rings. The van der Waals surface area contributed by atoms with Crippen molar-refractivity contribution in [1.29, 1.82) is 0 Å². The number of carbonyl (C=O) groups is 2. The first-order chi connectivity index (χ1) is 19.0. The number of benzene rings is 2. The Bertz CT molecular complexity index is 1260. The molecule has 2 aromatic carbocycles. The van der Waals surface area contributed by atoms with Crippen LogP contribution in [0, 0.1) is 5.92 Å². The van der Waals surface area contributed by atoms with Crippen LogP contribution in [0.1, 0.15) is 46.9 Å². The van der Waals surface area contributed by atoms with Gasteiger partial charge in [-0.3, -0.25) is 9.59 Å². The van der Waals surface area contributed by atoms with Crippen LogP contribution in [-0.4, -0.2) is 60.6 Å². The molecule has 1 atom stereocenters. The summed E-state index contributed by atoms with van der Waals surface area (Å²) >= 11 is 1.53. The van der Waals surface area contributed by atoms with E-state index >= 15 is 0 Å². The number of methoxy groups -OCH3 is 1. The van der Waals surface area contributed by atoms with E-state index in [1.165, 1.54) is 17.3 Å². The highest BCUT2D eigenvalue weighted by Gasteiger charge is 2.29. The Labute approximate surface area is 234 Å². The minimum Gasteiger partial charge on any atom is -0.466 e. The molecule has 0 saturated carbocycles. The molecule has 1 amide bonds. The molecule has 1 saturated heterocycles. The highest BCUT2D eigenvalue weighted by Crippen LogP contribution is 2.25. The summed E-state index contributed by atoms with van der Waals surface area (Å²) < 4.78 is 10.5. The quantitative estimate of drug-likeness (QED) is 0.189. The number of carbonyl (C=O) groups excluding carboxylic acids is 2. The average Bonchev–Trinajstić information content (AvgIpc) is 2.96. The van der Waals surface area contributed by atoms with Gasteiger partial charge in [-0.25, -0.2) is 9.97 Å². The molecule has 4 rings (SSSR count). The molecule has 0 aliphatic carbocycles. The Kier molecular flexibility index (Phi) is 10.3. The molecule has 206 valence electrons. The molecule has 1 aliphatic heterocycles. The number of ether oxygens (including phenoxy) is 2. The number of hydrogen-bond donors (Lipinski definition) is 0. The summed E-state index contributed by atoms with van der Waals surface area (Å²) in [5.41, 5.74) is 3.64. The standard InChI is InChI=1S/C30H36N4O4S/c1-4-38-29(36)25-14-9-15-34(19-25)28(35)24-13-8-12-23(16-24)21-39-30-31-26(20-37-3)17-27(32-30)33(2)18-22-10-6-5-7-11-22/h5-8,10-13,16-17,25H,4,9,14-15,18-21H2,1-3H3/t25-/m0/s1. The van der Waals surface area contributed by atoms with Crippen LogP contribution in [0.5, 0.6) is 0 Å². The molecular weight excluding hydrogens is 512 g/mol. The molecule has 0 radical (unpaired) electrons. The van der Waals surface area contributed by atoms with Crippen molar-refractivity contribution in [3.05, 3.63) is 83.0 Å². The van der Waals surface area contributed by atoms with Gasteiger partial charge in [-0.15, -0.1) is 0 Å². The molecule has 2 heterocycles. The second-order valence-electron chi connectivity index (χ2n) is 9.61. The zero-order valence-corrected chi connectivity index (χ0v) is 23.7. The molecule has 1 fully saturated rings. The fourth-order valence-electron chi connectivity index (χ4n) is 4.62. The van der Waals surface area contributed by atoms with Crippen LogP contribution in [0.3, 0.4) is 0 Å². The molecule has 39 heavy (non-hydrogen) atoms. The first-order valence-electron chi connectivity index (χ1n) is 13.3. The largest absolute Gasteiger partial charge is 0.466 e. The first-order valence-corrected chi connectivity index (χ1v) is 14.2. The summed E-state index contributed by atoms with van der Waals surface area (Å²) in [5.74, 6) is 0.912. The summed E-state index contributed by atoms with van der Waals surface area (Å²) in [6.07, 6.45) is 1.55. The average molecular weight is 549 g/mol. The first kappa shape index (κ1) is 28.6. The highest BCUT2D eigenvalue weighted by atomic mass is 32.2. The fraction of sp³-hybridized carbons (Fsp3) is 0.400. The summed E-state index contributed by atoms with van der Waals surface area (Å²) in [7, 11) is 3.67. The SMILES string of the molecule is CCOC(=O)[C@H]1CCCN(C(=O)c2cccc(CSc3nc(COC)cc(N(C)Cc4ccccc4)n3)c2)C1.